The summed E-state index contributed by atoms with van der Waals surface area (Å²) in [5.41, 5.74) is 1.46. The maximum absolute atomic E-state index is 11.5. The van der Waals surface area contributed by atoms with Gasteiger partial charge in [-0.3, -0.25) is 0 Å². The van der Waals surface area contributed by atoms with Crippen LogP contribution in [0.3, 0.4) is 0 Å². The van der Waals surface area contributed by atoms with Gasteiger partial charge in [0.15, 0.2) is 0 Å². The zero-order valence-corrected chi connectivity index (χ0v) is 10.6. The molecule has 1 rings (SSSR count). The highest BCUT2D eigenvalue weighted by Crippen LogP contribution is 2.22. The maximum atomic E-state index is 11.5. The molecule has 0 aliphatic rings. The molecule has 4 heteroatoms. The highest BCUT2D eigenvalue weighted by molar-refractivity contribution is 5.89. The van der Waals surface area contributed by atoms with Gasteiger partial charge in [0, 0.05) is 6.42 Å². The number of rotatable bonds is 5. The number of hydrogen-bond acceptors (Lipinski definition) is 4. The number of carbonyl (C=O) groups is 1. The first-order valence-electron chi connectivity index (χ1n) is 5.78. The second kappa shape index (κ2) is 6.21. The van der Waals surface area contributed by atoms with Crippen molar-refractivity contribution in [1.82, 2.24) is 0 Å². The lowest BCUT2D eigenvalue weighted by Crippen LogP contribution is -2.12. The van der Waals surface area contributed by atoms with Gasteiger partial charge in [0.05, 0.1) is 18.3 Å². The summed E-state index contributed by atoms with van der Waals surface area (Å²) in [5, 5.41) is 19.4. The lowest BCUT2D eigenvalue weighted by molar-refractivity contribution is 0.0526. The molecule has 98 valence electrons. The van der Waals surface area contributed by atoms with Gasteiger partial charge in [-0.05, 0) is 37.6 Å². The van der Waals surface area contributed by atoms with Crippen LogP contribution in [-0.2, 0) is 11.2 Å². The zero-order chi connectivity index (χ0) is 13.7. The van der Waals surface area contributed by atoms with Crippen molar-refractivity contribution in [1.29, 1.82) is 0 Å². The molecule has 0 saturated heterocycles. The lowest BCUT2D eigenvalue weighted by Gasteiger charge is -2.12. The second-order valence-corrected chi connectivity index (χ2v) is 4.13. The third-order valence-electron chi connectivity index (χ3n) is 2.57. The molecule has 0 radical (unpaired) electrons. The molecule has 0 saturated carbocycles. The number of esters is 1. The number of phenols is 1. The van der Waals surface area contributed by atoms with E-state index in [4.69, 9.17) is 4.74 Å². The molecule has 18 heavy (non-hydrogen) atoms. The van der Waals surface area contributed by atoms with Gasteiger partial charge in [-0.2, -0.15) is 0 Å². The van der Waals surface area contributed by atoms with Crippen molar-refractivity contribution in [2.75, 3.05) is 6.61 Å². The number of aliphatic hydroxyl groups excluding tert-OH is 1. The van der Waals surface area contributed by atoms with E-state index in [9.17, 15) is 15.0 Å². The summed E-state index contributed by atoms with van der Waals surface area (Å²) in [6, 6.07) is 4.44. The number of aliphatic hydroxyl groups is 1. The number of carbonyl (C=O) groups excluding carboxylic acids is 1. The smallest absolute Gasteiger partial charge is 0.338 e. The van der Waals surface area contributed by atoms with Crippen LogP contribution in [0.25, 0.3) is 0 Å². The Labute approximate surface area is 107 Å². The molecule has 0 fully saturated rings. The van der Waals surface area contributed by atoms with Crippen molar-refractivity contribution in [3.63, 3.8) is 0 Å². The van der Waals surface area contributed by atoms with Gasteiger partial charge in [0.25, 0.3) is 0 Å². The molecule has 0 amide bonds. The van der Waals surface area contributed by atoms with Crippen molar-refractivity contribution >= 4 is 5.97 Å². The summed E-state index contributed by atoms with van der Waals surface area (Å²) in [7, 11) is 0. The molecule has 1 aromatic carbocycles. The first-order chi connectivity index (χ1) is 8.45. The Balaban J connectivity index is 2.94. The van der Waals surface area contributed by atoms with Gasteiger partial charge in [-0.15, -0.1) is 0 Å². The molecule has 4 nitrogen and oxygen atoms in total. The van der Waals surface area contributed by atoms with Crippen LogP contribution in [-0.4, -0.2) is 28.9 Å². The number of hydrogen-bond donors (Lipinski definition) is 2. The predicted molar refractivity (Wildman–Crippen MR) is 68.6 cm³/mol. The molecule has 1 atom stereocenters. The highest BCUT2D eigenvalue weighted by atomic mass is 16.5. The Morgan fingerprint density at radius 1 is 1.50 bits per heavy atom. The number of ether oxygens (including phenoxy) is 1. The van der Waals surface area contributed by atoms with Gasteiger partial charge in [0.2, 0.25) is 0 Å². The summed E-state index contributed by atoms with van der Waals surface area (Å²) in [4.78, 5) is 11.5. The predicted octanol–water partition coefficient (Wildman–Crippen LogP) is 2.05. The van der Waals surface area contributed by atoms with Crippen LogP contribution in [0.5, 0.6) is 5.75 Å². The number of aromatic hydroxyl groups is 1. The molecule has 0 spiro atoms. The maximum Gasteiger partial charge on any atom is 0.338 e. The Kier molecular flexibility index (Phi) is 4.92. The van der Waals surface area contributed by atoms with Crippen molar-refractivity contribution in [3.05, 3.63) is 41.5 Å². The van der Waals surface area contributed by atoms with Crippen molar-refractivity contribution in [2.45, 2.75) is 26.4 Å². The number of benzene rings is 1. The first kappa shape index (κ1) is 14.3. The van der Waals surface area contributed by atoms with E-state index < -0.39 is 12.1 Å². The summed E-state index contributed by atoms with van der Waals surface area (Å²) in [6.07, 6.45) is -0.526. The van der Waals surface area contributed by atoms with Gasteiger partial charge in [0.1, 0.15) is 5.75 Å². The van der Waals surface area contributed by atoms with Crippen LogP contribution < -0.4 is 0 Å². The zero-order valence-electron chi connectivity index (χ0n) is 10.6. The van der Waals surface area contributed by atoms with Gasteiger partial charge in [-0.1, -0.05) is 12.2 Å². The van der Waals surface area contributed by atoms with E-state index in [-0.39, 0.29) is 12.2 Å². The van der Waals surface area contributed by atoms with E-state index >= 15 is 0 Å². The molecule has 0 aliphatic carbocycles. The average Bonchev–Trinajstić information content (AvgIpc) is 2.31. The van der Waals surface area contributed by atoms with Crippen molar-refractivity contribution in [3.8, 4) is 5.75 Å². The van der Waals surface area contributed by atoms with E-state index in [2.05, 4.69) is 6.58 Å². The molecule has 1 unspecified atom stereocenters. The van der Waals surface area contributed by atoms with E-state index in [1.165, 1.54) is 18.2 Å². The van der Waals surface area contributed by atoms with E-state index in [0.29, 0.717) is 23.3 Å². The summed E-state index contributed by atoms with van der Waals surface area (Å²) >= 11 is 0. The molecule has 0 aliphatic heterocycles. The molecular weight excluding hydrogens is 232 g/mol. The van der Waals surface area contributed by atoms with E-state index in [0.717, 1.165) is 0 Å². The Morgan fingerprint density at radius 2 is 2.17 bits per heavy atom. The summed E-state index contributed by atoms with van der Waals surface area (Å²) in [6.45, 7) is 7.37. The number of phenolic OH excluding ortho intramolecular Hbond substituents is 1. The van der Waals surface area contributed by atoms with Crippen molar-refractivity contribution < 1.29 is 19.7 Å². The van der Waals surface area contributed by atoms with Crippen molar-refractivity contribution in [2.24, 2.45) is 0 Å². The Bertz CT molecular complexity index is 451. The van der Waals surface area contributed by atoms with Gasteiger partial charge >= 0.3 is 5.97 Å². The fraction of sp³-hybridized carbons (Fsp3) is 0.357. The van der Waals surface area contributed by atoms with Gasteiger partial charge in [-0.25, -0.2) is 4.79 Å². The minimum atomic E-state index is -0.742. The molecule has 0 heterocycles. The van der Waals surface area contributed by atoms with Gasteiger partial charge < -0.3 is 14.9 Å². The SMILES string of the molecule is C=C(C)C(O)Cc1cc(C(=O)OCC)ccc1O. The summed E-state index contributed by atoms with van der Waals surface area (Å²) < 4.78 is 4.87. The van der Waals surface area contributed by atoms with Crippen LogP contribution in [0, 0.1) is 0 Å². The second-order valence-electron chi connectivity index (χ2n) is 4.13. The van der Waals surface area contributed by atoms with Crippen LogP contribution in [0.15, 0.2) is 30.4 Å². The molecule has 0 aromatic heterocycles. The lowest BCUT2D eigenvalue weighted by atomic mass is 10.0. The topological polar surface area (TPSA) is 66.8 Å². The third kappa shape index (κ3) is 3.60. The van der Waals surface area contributed by atoms with Crippen LogP contribution in [0.4, 0.5) is 0 Å². The normalized spacial score (nSPS) is 11.9. The molecule has 2 N–H and O–H groups in total. The summed E-state index contributed by atoms with van der Waals surface area (Å²) in [5.74, 6) is -0.396. The molecule has 1 aromatic rings. The molecular formula is C14H18O4. The Hall–Kier alpha value is -1.81. The Morgan fingerprint density at radius 3 is 2.72 bits per heavy atom. The largest absolute Gasteiger partial charge is 0.508 e. The fourth-order valence-electron chi connectivity index (χ4n) is 1.47. The van der Waals surface area contributed by atoms with E-state index in [1.807, 2.05) is 0 Å². The fourth-order valence-corrected chi connectivity index (χ4v) is 1.47. The van der Waals surface area contributed by atoms with Crippen LogP contribution in [0.2, 0.25) is 0 Å². The van der Waals surface area contributed by atoms with Crippen LogP contribution >= 0.6 is 0 Å². The third-order valence-corrected chi connectivity index (χ3v) is 2.57. The first-order valence-corrected chi connectivity index (χ1v) is 5.78. The minimum absolute atomic E-state index is 0.0448. The monoisotopic (exact) mass is 250 g/mol. The highest BCUT2D eigenvalue weighted by Gasteiger charge is 2.13. The molecule has 0 bridgehead atoms. The minimum Gasteiger partial charge on any atom is -0.508 e. The van der Waals surface area contributed by atoms with Crippen LogP contribution in [0.1, 0.15) is 29.8 Å². The quantitative estimate of drug-likeness (QED) is 0.620. The average molecular weight is 250 g/mol. The standard InChI is InChI=1S/C14H18O4/c1-4-18-14(17)10-5-6-12(15)11(7-10)8-13(16)9(2)3/h5-7,13,15-16H,2,4,8H2,1,3H3. The van der Waals surface area contributed by atoms with E-state index in [1.54, 1.807) is 13.8 Å².